The summed E-state index contributed by atoms with van der Waals surface area (Å²) >= 11 is 8.67. The fourth-order valence-corrected chi connectivity index (χ4v) is 4.18. The monoisotopic (exact) mass is 377 g/mol. The molecule has 0 aliphatic carbocycles. The van der Waals surface area contributed by atoms with Gasteiger partial charge in [-0.2, -0.15) is 0 Å². The Kier molecular flexibility index (Phi) is 6.36. The van der Waals surface area contributed by atoms with Crippen molar-refractivity contribution in [1.29, 1.82) is 0 Å². The Bertz CT molecular complexity index is 752. The molecule has 0 atom stereocenters. The summed E-state index contributed by atoms with van der Waals surface area (Å²) in [6.07, 6.45) is 2.47. The molecule has 0 saturated heterocycles. The van der Waals surface area contributed by atoms with Gasteiger partial charge >= 0.3 is 0 Å². The van der Waals surface area contributed by atoms with Crippen LogP contribution in [0.3, 0.4) is 0 Å². The number of hydrogen-bond acceptors (Lipinski definition) is 5. The third-order valence-electron chi connectivity index (χ3n) is 2.52. The lowest BCUT2D eigenvalue weighted by Gasteiger charge is -2.11. The number of thiol groups is 1. The highest BCUT2D eigenvalue weighted by Gasteiger charge is 2.20. The summed E-state index contributed by atoms with van der Waals surface area (Å²) in [5, 5.41) is 2.63. The zero-order valence-electron chi connectivity index (χ0n) is 11.5. The smallest absolute Gasteiger partial charge is 0.182 e. The summed E-state index contributed by atoms with van der Waals surface area (Å²) in [7, 11) is -7.37. The minimum atomic E-state index is -3.68. The van der Waals surface area contributed by atoms with Gasteiger partial charge in [0.1, 0.15) is 4.32 Å². The molecule has 0 amide bonds. The Morgan fingerprint density at radius 1 is 1.05 bits per heavy atom. The van der Waals surface area contributed by atoms with Gasteiger partial charge in [-0.1, -0.05) is 24.4 Å². The van der Waals surface area contributed by atoms with E-state index in [1.165, 1.54) is 24.3 Å². The van der Waals surface area contributed by atoms with Crippen molar-refractivity contribution in [2.24, 2.45) is 0 Å². The molecule has 22 heavy (non-hydrogen) atoms. The molecule has 1 aromatic rings. The van der Waals surface area contributed by atoms with Crippen LogP contribution in [0.15, 0.2) is 53.3 Å². The van der Waals surface area contributed by atoms with Crippen LogP contribution < -0.4 is 5.32 Å². The van der Waals surface area contributed by atoms with Crippen LogP contribution in [0.1, 0.15) is 0 Å². The quantitative estimate of drug-likeness (QED) is 0.431. The Hall–Kier alpha value is -1.16. The van der Waals surface area contributed by atoms with Gasteiger partial charge in [-0.05, 0) is 18.2 Å². The Morgan fingerprint density at radius 3 is 1.77 bits per heavy atom. The molecule has 0 bridgehead atoms. The summed E-state index contributed by atoms with van der Waals surface area (Å²) in [6.45, 7) is 6.77. The second-order valence-electron chi connectivity index (χ2n) is 4.26. The van der Waals surface area contributed by atoms with E-state index in [1.807, 2.05) is 0 Å². The number of nitrogens with one attached hydrogen (secondary N) is 1. The van der Waals surface area contributed by atoms with Crippen molar-refractivity contribution < 1.29 is 16.8 Å². The van der Waals surface area contributed by atoms with E-state index in [1.54, 1.807) is 0 Å². The predicted molar refractivity (Wildman–Crippen MR) is 96.1 cm³/mol. The molecular formula is C13H15NO4S4. The van der Waals surface area contributed by atoms with Crippen LogP contribution in [-0.2, 0) is 19.7 Å². The summed E-state index contributed by atoms with van der Waals surface area (Å²) in [5.41, 5.74) is 0.229. The van der Waals surface area contributed by atoms with Gasteiger partial charge in [0.25, 0.3) is 0 Å². The van der Waals surface area contributed by atoms with E-state index in [9.17, 15) is 16.8 Å². The minimum absolute atomic E-state index is 0.0883. The van der Waals surface area contributed by atoms with Gasteiger partial charge in [-0.3, -0.25) is 0 Å². The van der Waals surface area contributed by atoms with E-state index >= 15 is 0 Å². The molecular weight excluding hydrogens is 362 g/mol. The van der Waals surface area contributed by atoms with Crippen LogP contribution in [0.5, 0.6) is 0 Å². The maximum Gasteiger partial charge on any atom is 0.182 e. The van der Waals surface area contributed by atoms with E-state index < -0.39 is 19.7 Å². The first-order valence-corrected chi connectivity index (χ1v) is 10.1. The summed E-state index contributed by atoms with van der Waals surface area (Å²) in [6, 6.07) is 3.72. The molecule has 0 unspecified atom stereocenters. The van der Waals surface area contributed by atoms with Crippen molar-refractivity contribution in [1.82, 2.24) is 0 Å². The molecule has 0 fully saturated rings. The summed E-state index contributed by atoms with van der Waals surface area (Å²) < 4.78 is 48.7. The lowest BCUT2D eigenvalue weighted by Crippen LogP contribution is -2.11. The van der Waals surface area contributed by atoms with Crippen LogP contribution in [0.2, 0.25) is 0 Å². The molecule has 1 rings (SSSR count). The van der Waals surface area contributed by atoms with Crippen molar-refractivity contribution >= 4 is 54.5 Å². The van der Waals surface area contributed by atoms with Gasteiger partial charge in [-0.25, -0.2) is 16.8 Å². The second kappa shape index (κ2) is 7.40. The summed E-state index contributed by atoms with van der Waals surface area (Å²) in [4.78, 5) is -0.269. The third-order valence-corrected chi connectivity index (χ3v) is 5.99. The van der Waals surface area contributed by atoms with E-state index in [0.29, 0.717) is 0 Å². The fraction of sp³-hybridized carbons (Fsp3) is 0.154. The van der Waals surface area contributed by atoms with Crippen LogP contribution >= 0.6 is 24.8 Å². The Balaban J connectivity index is 3.56. The third kappa shape index (κ3) is 4.94. The predicted octanol–water partition coefficient (Wildman–Crippen LogP) is 2.23. The maximum absolute atomic E-state index is 12.1. The Morgan fingerprint density at radius 2 is 1.45 bits per heavy atom. The van der Waals surface area contributed by atoms with Crippen LogP contribution in [0, 0.1) is 0 Å². The molecule has 1 N–H and O–H groups in total. The van der Waals surface area contributed by atoms with E-state index in [-0.39, 0.29) is 31.3 Å². The van der Waals surface area contributed by atoms with Gasteiger partial charge in [0.15, 0.2) is 19.7 Å². The standard InChI is InChI=1S/C13H15NO4S4/c1-3-5-21(15,16)11-7-10(14-13(19)20)8-12(9-11)22(17,18)6-4-2/h3-4,7-9H,1-2,5-6H2,(H2,14,19,20). The number of anilines is 1. The van der Waals surface area contributed by atoms with Crippen molar-refractivity contribution in [3.8, 4) is 0 Å². The number of benzene rings is 1. The average Bonchev–Trinajstić information content (AvgIpc) is 2.37. The molecule has 1 aromatic carbocycles. The highest BCUT2D eigenvalue weighted by atomic mass is 32.2. The number of sulfone groups is 2. The molecule has 0 aliphatic heterocycles. The van der Waals surface area contributed by atoms with E-state index in [4.69, 9.17) is 12.2 Å². The molecule has 0 spiro atoms. The lowest BCUT2D eigenvalue weighted by atomic mass is 10.3. The van der Waals surface area contributed by atoms with Gasteiger partial charge < -0.3 is 5.32 Å². The topological polar surface area (TPSA) is 80.3 Å². The zero-order valence-corrected chi connectivity index (χ0v) is 14.9. The van der Waals surface area contributed by atoms with Crippen LogP contribution in [0.4, 0.5) is 5.69 Å². The van der Waals surface area contributed by atoms with Crippen molar-refractivity contribution in [2.75, 3.05) is 16.8 Å². The Labute approximate surface area is 141 Å². The first kappa shape index (κ1) is 18.9. The SMILES string of the molecule is C=CCS(=O)(=O)c1cc(NC(=S)S)cc(S(=O)(=O)CC=C)c1. The normalized spacial score (nSPS) is 11.7. The van der Waals surface area contributed by atoms with E-state index in [2.05, 4.69) is 31.1 Å². The van der Waals surface area contributed by atoms with E-state index in [0.717, 1.165) is 6.07 Å². The largest absolute Gasteiger partial charge is 0.341 e. The first-order chi connectivity index (χ1) is 10.1. The van der Waals surface area contributed by atoms with Gasteiger partial charge in [0.2, 0.25) is 0 Å². The molecule has 0 saturated carbocycles. The average molecular weight is 378 g/mol. The number of rotatable bonds is 7. The number of hydrogen-bond donors (Lipinski definition) is 2. The van der Waals surface area contributed by atoms with Gasteiger partial charge in [-0.15, -0.1) is 25.8 Å². The minimum Gasteiger partial charge on any atom is -0.341 e. The summed E-state index contributed by atoms with van der Waals surface area (Å²) in [5.74, 6) is -0.606. The van der Waals surface area contributed by atoms with Crippen molar-refractivity contribution in [3.63, 3.8) is 0 Å². The zero-order chi connectivity index (χ0) is 17.0. The highest BCUT2D eigenvalue weighted by molar-refractivity contribution is 8.11. The molecule has 0 aromatic heterocycles. The van der Waals surface area contributed by atoms with Gasteiger partial charge in [0, 0.05) is 5.69 Å². The molecule has 0 radical (unpaired) electrons. The van der Waals surface area contributed by atoms with Crippen molar-refractivity contribution in [2.45, 2.75) is 9.79 Å². The number of thiocarbonyl (C=S) groups is 1. The lowest BCUT2D eigenvalue weighted by molar-refractivity contribution is 0.597. The fourth-order valence-electron chi connectivity index (χ4n) is 1.63. The molecule has 5 nitrogen and oxygen atoms in total. The molecule has 120 valence electrons. The second-order valence-corrected chi connectivity index (χ2v) is 9.49. The molecule has 0 heterocycles. The molecule has 0 aliphatic rings. The molecule has 9 heteroatoms. The maximum atomic E-state index is 12.1. The van der Waals surface area contributed by atoms with Crippen LogP contribution in [0.25, 0.3) is 0 Å². The van der Waals surface area contributed by atoms with Crippen molar-refractivity contribution in [3.05, 3.63) is 43.5 Å². The van der Waals surface area contributed by atoms with Gasteiger partial charge in [0.05, 0.1) is 21.3 Å². The van der Waals surface area contributed by atoms with Crippen LogP contribution in [-0.4, -0.2) is 32.7 Å². The first-order valence-electron chi connectivity index (χ1n) is 5.95. The highest BCUT2D eigenvalue weighted by Crippen LogP contribution is 2.24.